The first kappa shape index (κ1) is 18.0. The van der Waals surface area contributed by atoms with Gasteiger partial charge >= 0.3 is 0 Å². The van der Waals surface area contributed by atoms with Gasteiger partial charge < -0.3 is 15.4 Å². The van der Waals surface area contributed by atoms with Gasteiger partial charge in [-0.05, 0) is 54.1 Å². The zero-order valence-corrected chi connectivity index (χ0v) is 14.8. The highest BCUT2D eigenvalue weighted by Gasteiger charge is 2.06. The summed E-state index contributed by atoms with van der Waals surface area (Å²) in [5.41, 5.74) is 3.14. The maximum Gasteiger partial charge on any atom is 0.229 e. The number of hydrogen-bond acceptors (Lipinski definition) is 5. The Morgan fingerprint density at radius 1 is 1.04 bits per heavy atom. The molecule has 0 saturated heterocycles. The second-order valence-electron chi connectivity index (χ2n) is 5.82. The minimum absolute atomic E-state index is 0.138. The SMILES string of the molecule is COc1ccc(CC(=O)Nc2ccc(Nc3ccc(C#N)cc3)cn2)cc1. The summed E-state index contributed by atoms with van der Waals surface area (Å²) in [5.74, 6) is 1.10. The molecule has 3 aromatic rings. The Morgan fingerprint density at radius 2 is 1.74 bits per heavy atom. The van der Waals surface area contributed by atoms with Crippen molar-refractivity contribution in [1.82, 2.24) is 4.98 Å². The highest BCUT2D eigenvalue weighted by atomic mass is 16.5. The molecule has 2 N–H and O–H groups in total. The molecule has 0 atom stereocenters. The molecule has 0 fully saturated rings. The molecule has 0 aliphatic heterocycles. The molecule has 27 heavy (non-hydrogen) atoms. The maximum absolute atomic E-state index is 12.1. The van der Waals surface area contributed by atoms with Gasteiger partial charge in [-0.1, -0.05) is 12.1 Å². The number of carbonyl (C=O) groups is 1. The first-order valence-electron chi connectivity index (χ1n) is 8.32. The summed E-state index contributed by atoms with van der Waals surface area (Å²) in [5, 5.41) is 14.8. The zero-order valence-electron chi connectivity index (χ0n) is 14.8. The molecule has 3 rings (SSSR count). The van der Waals surface area contributed by atoms with Crippen molar-refractivity contribution in [3.8, 4) is 11.8 Å². The quantitative estimate of drug-likeness (QED) is 0.698. The molecule has 0 spiro atoms. The van der Waals surface area contributed by atoms with E-state index < -0.39 is 0 Å². The van der Waals surface area contributed by atoms with Crippen LogP contribution < -0.4 is 15.4 Å². The van der Waals surface area contributed by atoms with Crippen molar-refractivity contribution >= 4 is 23.1 Å². The monoisotopic (exact) mass is 358 g/mol. The standard InChI is InChI=1S/C21H18N4O2/c1-27-19-9-4-15(5-10-19)12-21(26)25-20-11-8-18(14-23-20)24-17-6-2-16(13-22)3-7-17/h2-11,14,24H,12H2,1H3,(H,23,25,26). The van der Waals surface area contributed by atoms with E-state index in [-0.39, 0.29) is 12.3 Å². The van der Waals surface area contributed by atoms with Crippen LogP contribution in [0.1, 0.15) is 11.1 Å². The second kappa shape index (κ2) is 8.50. The van der Waals surface area contributed by atoms with Gasteiger partial charge in [0, 0.05) is 5.69 Å². The van der Waals surface area contributed by atoms with Crippen molar-refractivity contribution in [2.45, 2.75) is 6.42 Å². The maximum atomic E-state index is 12.1. The van der Waals surface area contributed by atoms with Crippen LogP contribution in [0.2, 0.25) is 0 Å². The Morgan fingerprint density at radius 3 is 2.33 bits per heavy atom. The number of nitrogens with zero attached hydrogens (tertiary/aromatic N) is 2. The number of ether oxygens (including phenoxy) is 1. The molecule has 1 aromatic heterocycles. The van der Waals surface area contributed by atoms with Crippen molar-refractivity contribution < 1.29 is 9.53 Å². The van der Waals surface area contributed by atoms with Gasteiger partial charge in [-0.2, -0.15) is 5.26 Å². The number of pyridine rings is 1. The Hall–Kier alpha value is -3.85. The van der Waals surface area contributed by atoms with Crippen LogP contribution in [0.25, 0.3) is 0 Å². The van der Waals surface area contributed by atoms with Crippen molar-refractivity contribution in [3.63, 3.8) is 0 Å². The summed E-state index contributed by atoms with van der Waals surface area (Å²) in [6, 6.07) is 20.1. The number of nitriles is 1. The molecule has 0 radical (unpaired) electrons. The van der Waals surface area contributed by atoms with Crippen molar-refractivity contribution in [3.05, 3.63) is 78.0 Å². The van der Waals surface area contributed by atoms with Crippen LogP contribution >= 0.6 is 0 Å². The van der Waals surface area contributed by atoms with Crippen LogP contribution in [-0.2, 0) is 11.2 Å². The van der Waals surface area contributed by atoms with Gasteiger partial charge in [0.05, 0.1) is 37.0 Å². The normalized spacial score (nSPS) is 9.93. The molecular formula is C21H18N4O2. The van der Waals surface area contributed by atoms with Crippen LogP contribution in [0.3, 0.4) is 0 Å². The van der Waals surface area contributed by atoms with Crippen molar-refractivity contribution in [1.29, 1.82) is 5.26 Å². The molecule has 0 unspecified atom stereocenters. The average Bonchev–Trinajstić information content (AvgIpc) is 2.70. The smallest absolute Gasteiger partial charge is 0.229 e. The van der Waals surface area contributed by atoms with E-state index >= 15 is 0 Å². The lowest BCUT2D eigenvalue weighted by atomic mass is 10.1. The summed E-state index contributed by atoms with van der Waals surface area (Å²) in [6.07, 6.45) is 1.90. The van der Waals surface area contributed by atoms with Gasteiger partial charge in [0.2, 0.25) is 5.91 Å². The van der Waals surface area contributed by atoms with Gasteiger partial charge in [0.1, 0.15) is 11.6 Å². The van der Waals surface area contributed by atoms with Crippen molar-refractivity contribution in [2.24, 2.45) is 0 Å². The molecule has 6 nitrogen and oxygen atoms in total. The minimum atomic E-state index is -0.138. The van der Waals surface area contributed by atoms with Gasteiger partial charge in [-0.25, -0.2) is 4.98 Å². The second-order valence-corrected chi connectivity index (χ2v) is 5.82. The highest BCUT2D eigenvalue weighted by Crippen LogP contribution is 2.18. The fourth-order valence-corrected chi connectivity index (χ4v) is 2.45. The molecule has 1 heterocycles. The Balaban J connectivity index is 1.56. The third kappa shape index (κ3) is 5.06. The molecule has 1 amide bonds. The largest absolute Gasteiger partial charge is 0.497 e. The number of carbonyl (C=O) groups excluding carboxylic acids is 1. The van der Waals surface area contributed by atoms with E-state index in [1.54, 1.807) is 31.5 Å². The third-order valence-electron chi connectivity index (χ3n) is 3.86. The lowest BCUT2D eigenvalue weighted by Crippen LogP contribution is -2.15. The van der Waals surface area contributed by atoms with E-state index in [1.807, 2.05) is 42.5 Å². The molecular weight excluding hydrogens is 340 g/mol. The number of rotatable bonds is 6. The van der Waals surface area contributed by atoms with E-state index in [0.29, 0.717) is 11.4 Å². The van der Waals surface area contributed by atoms with Crippen LogP contribution in [-0.4, -0.2) is 18.0 Å². The predicted molar refractivity (Wildman–Crippen MR) is 104 cm³/mol. The Bertz CT molecular complexity index is 943. The summed E-state index contributed by atoms with van der Waals surface area (Å²) in [4.78, 5) is 16.4. The van der Waals surface area contributed by atoms with E-state index in [2.05, 4.69) is 21.7 Å². The third-order valence-corrected chi connectivity index (χ3v) is 3.86. The van der Waals surface area contributed by atoms with E-state index in [4.69, 9.17) is 10.00 Å². The average molecular weight is 358 g/mol. The summed E-state index contributed by atoms with van der Waals surface area (Å²) < 4.78 is 5.10. The summed E-state index contributed by atoms with van der Waals surface area (Å²) >= 11 is 0. The number of anilines is 3. The summed E-state index contributed by atoms with van der Waals surface area (Å²) in [6.45, 7) is 0. The predicted octanol–water partition coefficient (Wildman–Crippen LogP) is 3.89. The number of nitrogens with one attached hydrogen (secondary N) is 2. The van der Waals surface area contributed by atoms with Gasteiger partial charge in [-0.3, -0.25) is 4.79 Å². The molecule has 0 aliphatic carbocycles. The van der Waals surface area contributed by atoms with E-state index in [1.165, 1.54) is 0 Å². The van der Waals surface area contributed by atoms with Gasteiger partial charge in [-0.15, -0.1) is 0 Å². The number of benzene rings is 2. The zero-order chi connectivity index (χ0) is 19.1. The molecule has 0 saturated carbocycles. The topological polar surface area (TPSA) is 87.0 Å². The number of amides is 1. The fourth-order valence-electron chi connectivity index (χ4n) is 2.45. The van der Waals surface area contributed by atoms with E-state index in [0.717, 1.165) is 22.7 Å². The fraction of sp³-hybridized carbons (Fsp3) is 0.0952. The minimum Gasteiger partial charge on any atom is -0.497 e. The van der Waals surface area contributed by atoms with Crippen LogP contribution in [0, 0.1) is 11.3 Å². The first-order valence-corrected chi connectivity index (χ1v) is 8.32. The summed E-state index contributed by atoms with van der Waals surface area (Å²) in [7, 11) is 1.60. The van der Waals surface area contributed by atoms with Gasteiger partial charge in [0.15, 0.2) is 0 Å². The first-order chi connectivity index (χ1) is 13.2. The van der Waals surface area contributed by atoms with Crippen molar-refractivity contribution in [2.75, 3.05) is 17.7 Å². The molecule has 134 valence electrons. The van der Waals surface area contributed by atoms with Crippen LogP contribution in [0.4, 0.5) is 17.2 Å². The number of hydrogen-bond donors (Lipinski definition) is 2. The lowest BCUT2D eigenvalue weighted by molar-refractivity contribution is -0.115. The number of aromatic nitrogens is 1. The van der Waals surface area contributed by atoms with E-state index in [9.17, 15) is 4.79 Å². The molecule has 2 aromatic carbocycles. The Labute approximate surface area is 157 Å². The lowest BCUT2D eigenvalue weighted by Gasteiger charge is -2.08. The van der Waals surface area contributed by atoms with Crippen LogP contribution in [0.15, 0.2) is 66.9 Å². The number of methoxy groups -OCH3 is 1. The molecule has 0 aliphatic rings. The molecule has 0 bridgehead atoms. The molecule has 6 heteroatoms. The highest BCUT2D eigenvalue weighted by molar-refractivity contribution is 5.91. The van der Waals surface area contributed by atoms with Gasteiger partial charge in [0.25, 0.3) is 0 Å². The van der Waals surface area contributed by atoms with Crippen LogP contribution in [0.5, 0.6) is 5.75 Å². The Kier molecular flexibility index (Phi) is 5.65.